The minimum Gasteiger partial charge on any atom is -0.277 e. The van der Waals surface area contributed by atoms with Crippen molar-refractivity contribution in [2.75, 3.05) is 0 Å². The van der Waals surface area contributed by atoms with Crippen LogP contribution in [-0.2, 0) is 0 Å². The lowest BCUT2D eigenvalue weighted by molar-refractivity contribution is 0.742. The molecule has 0 unspecified atom stereocenters. The van der Waals surface area contributed by atoms with Crippen LogP contribution >= 0.6 is 11.3 Å². The Kier molecular flexibility index (Phi) is 4.97. The van der Waals surface area contributed by atoms with E-state index in [9.17, 15) is 0 Å². The highest BCUT2D eigenvalue weighted by atomic mass is 32.1. The van der Waals surface area contributed by atoms with Crippen molar-refractivity contribution >= 4 is 22.5 Å². The van der Waals surface area contributed by atoms with Crippen molar-refractivity contribution in [1.29, 1.82) is 0 Å². The fraction of sp³-hybridized carbons (Fsp3) is 0.350. The van der Waals surface area contributed by atoms with E-state index in [1.807, 2.05) is 0 Å². The number of thiophene rings is 1. The van der Waals surface area contributed by atoms with Crippen LogP contribution in [-0.4, -0.2) is 10.2 Å². The summed E-state index contributed by atoms with van der Waals surface area (Å²) in [5.41, 5.74) is 8.60. The predicted octanol–water partition coefficient (Wildman–Crippen LogP) is 6.71. The zero-order valence-corrected chi connectivity index (χ0v) is 14.8. The van der Waals surface area contributed by atoms with Crippen LogP contribution in [0.4, 0.5) is 0 Å². The van der Waals surface area contributed by atoms with Gasteiger partial charge in [0.2, 0.25) is 0 Å². The summed E-state index contributed by atoms with van der Waals surface area (Å²) >= 11 is 1.77. The van der Waals surface area contributed by atoms with E-state index in [-0.39, 0.29) is 1.43 Å². The van der Waals surface area contributed by atoms with Crippen LogP contribution in [0.1, 0.15) is 58.6 Å². The molecule has 122 valence electrons. The normalized spacial score (nSPS) is 15.6. The minimum absolute atomic E-state index is 0. The number of hydrogen-bond acceptors (Lipinski definition) is 2. The average Bonchev–Trinajstić information content (AvgIpc) is 3.24. The first-order valence-corrected chi connectivity index (χ1v) is 9.24. The highest BCUT2D eigenvalue weighted by molar-refractivity contribution is 7.08. The summed E-state index contributed by atoms with van der Waals surface area (Å²) in [5, 5.41) is 12.2. The van der Waals surface area contributed by atoms with Crippen molar-refractivity contribution in [3.63, 3.8) is 0 Å². The molecular weight excluding hydrogens is 300 g/mol. The van der Waals surface area contributed by atoms with Crippen LogP contribution in [0.2, 0.25) is 0 Å². The van der Waals surface area contributed by atoms with Gasteiger partial charge in [0.25, 0.3) is 0 Å². The van der Waals surface area contributed by atoms with Gasteiger partial charge in [-0.15, -0.1) is 0 Å². The highest BCUT2D eigenvalue weighted by Gasteiger charge is 2.15. The zero-order valence-electron chi connectivity index (χ0n) is 14.0. The van der Waals surface area contributed by atoms with Crippen molar-refractivity contribution in [2.24, 2.45) is 0 Å². The van der Waals surface area contributed by atoms with Gasteiger partial charge in [-0.1, -0.05) is 24.3 Å². The van der Waals surface area contributed by atoms with Crippen LogP contribution in [0.25, 0.3) is 22.4 Å². The van der Waals surface area contributed by atoms with E-state index in [0.29, 0.717) is 0 Å². The molecule has 0 atom stereocenters. The van der Waals surface area contributed by atoms with E-state index >= 15 is 0 Å². The smallest absolute Gasteiger partial charge is 0.0884 e. The largest absolute Gasteiger partial charge is 0.277 e. The lowest BCUT2D eigenvalue weighted by Crippen LogP contribution is -1.92. The maximum atomic E-state index is 4.48. The Hall–Kier alpha value is -1.87. The molecule has 0 radical (unpaired) electrons. The van der Waals surface area contributed by atoms with Gasteiger partial charge >= 0.3 is 0 Å². The van der Waals surface area contributed by atoms with Gasteiger partial charge in [-0.05, 0) is 74.1 Å². The Morgan fingerprint density at radius 2 is 2.22 bits per heavy atom. The van der Waals surface area contributed by atoms with Crippen molar-refractivity contribution in [3.8, 4) is 11.3 Å². The Balaban J connectivity index is 0.00000208. The number of nitrogens with one attached hydrogen (secondary N) is 1. The number of aromatic nitrogens is 2. The van der Waals surface area contributed by atoms with Crippen LogP contribution in [0.3, 0.4) is 0 Å². The van der Waals surface area contributed by atoms with Gasteiger partial charge < -0.3 is 0 Å². The van der Waals surface area contributed by atoms with Crippen LogP contribution in [0.5, 0.6) is 0 Å². The molecule has 1 aliphatic rings. The van der Waals surface area contributed by atoms with E-state index in [4.69, 9.17) is 0 Å². The third-order valence-electron chi connectivity index (χ3n) is 4.51. The summed E-state index contributed by atoms with van der Waals surface area (Å²) in [7, 11) is 0. The molecule has 2 aromatic heterocycles. The molecule has 0 amide bonds. The predicted molar refractivity (Wildman–Crippen MR) is 104 cm³/mol. The summed E-state index contributed by atoms with van der Waals surface area (Å²) in [6.07, 6.45) is 10.4. The van der Waals surface area contributed by atoms with Crippen LogP contribution in [0, 0.1) is 0 Å². The first-order valence-electron chi connectivity index (χ1n) is 8.30. The number of H-pyrrole nitrogens is 1. The number of hydrogen-bond donors (Lipinski definition) is 1. The lowest BCUT2D eigenvalue weighted by Gasteiger charge is -2.12. The second-order valence-corrected chi connectivity index (χ2v) is 7.00. The van der Waals surface area contributed by atoms with E-state index < -0.39 is 0 Å². The molecular formula is C20H26N2S. The molecule has 0 bridgehead atoms. The van der Waals surface area contributed by atoms with Crippen molar-refractivity contribution < 1.29 is 1.43 Å². The highest BCUT2D eigenvalue weighted by Crippen LogP contribution is 2.36. The van der Waals surface area contributed by atoms with Gasteiger partial charge in [0.1, 0.15) is 0 Å². The van der Waals surface area contributed by atoms with Crippen LogP contribution in [0.15, 0.2) is 41.1 Å². The SMILES string of the molecule is C=C(C/C(C)=C/C)c1cc(-c2cscc2C2=CCCCC2)[nH]n1.[HH]. The van der Waals surface area contributed by atoms with Crippen LogP contribution < -0.4 is 0 Å². The standard InChI is InChI=1S/C20H24N2S.H2/c1-4-14(2)10-15(3)19-11-20(22-21-19)18-13-23-12-17(18)16-8-6-5-7-9-16;/h4,8,11-13H,3,5-7,9-10H2,1-2H3,(H,21,22);1H/b14-4+;. The molecule has 0 saturated heterocycles. The Labute approximate surface area is 144 Å². The van der Waals surface area contributed by atoms with Crippen molar-refractivity contribution in [2.45, 2.75) is 46.0 Å². The van der Waals surface area contributed by atoms with E-state index in [2.05, 4.69) is 59.6 Å². The van der Waals surface area contributed by atoms with E-state index in [1.165, 1.54) is 48.0 Å². The molecule has 0 spiro atoms. The van der Waals surface area contributed by atoms with Gasteiger partial charge in [0.05, 0.1) is 11.4 Å². The monoisotopic (exact) mass is 326 g/mol. The molecule has 1 aliphatic carbocycles. The maximum Gasteiger partial charge on any atom is 0.0884 e. The maximum absolute atomic E-state index is 4.48. The molecule has 2 aromatic rings. The third kappa shape index (κ3) is 3.56. The topological polar surface area (TPSA) is 28.7 Å². The summed E-state index contributed by atoms with van der Waals surface area (Å²) in [4.78, 5) is 0. The minimum atomic E-state index is 0. The van der Waals surface area contributed by atoms with Crippen molar-refractivity contribution in [3.05, 3.63) is 52.4 Å². The Bertz CT molecular complexity index is 764. The van der Waals surface area contributed by atoms with Gasteiger partial charge in [0.15, 0.2) is 0 Å². The third-order valence-corrected chi connectivity index (χ3v) is 5.26. The summed E-state index contributed by atoms with van der Waals surface area (Å²) < 4.78 is 0. The second-order valence-electron chi connectivity index (χ2n) is 6.26. The average molecular weight is 327 g/mol. The van der Waals surface area contributed by atoms with E-state index in [0.717, 1.165) is 23.4 Å². The zero-order chi connectivity index (χ0) is 16.2. The molecule has 0 aromatic carbocycles. The molecule has 0 saturated carbocycles. The molecule has 3 rings (SSSR count). The fourth-order valence-corrected chi connectivity index (χ4v) is 3.88. The molecule has 0 aliphatic heterocycles. The van der Waals surface area contributed by atoms with Gasteiger partial charge in [0, 0.05) is 12.4 Å². The molecule has 23 heavy (non-hydrogen) atoms. The number of rotatable bonds is 5. The second kappa shape index (κ2) is 7.14. The Morgan fingerprint density at radius 1 is 1.39 bits per heavy atom. The van der Waals surface area contributed by atoms with Crippen molar-refractivity contribution in [1.82, 2.24) is 10.2 Å². The summed E-state index contributed by atoms with van der Waals surface area (Å²) in [6, 6.07) is 2.14. The van der Waals surface area contributed by atoms with Gasteiger partial charge in [-0.25, -0.2) is 0 Å². The molecule has 3 heteroatoms. The Morgan fingerprint density at radius 3 is 2.96 bits per heavy atom. The molecule has 2 nitrogen and oxygen atoms in total. The van der Waals surface area contributed by atoms with Gasteiger partial charge in [-0.2, -0.15) is 16.4 Å². The summed E-state index contributed by atoms with van der Waals surface area (Å²) in [6.45, 7) is 8.38. The first-order chi connectivity index (χ1) is 11.2. The molecule has 0 fully saturated rings. The number of nitrogens with zero attached hydrogens (tertiary/aromatic N) is 1. The fourth-order valence-electron chi connectivity index (χ4n) is 3.01. The van der Waals surface area contributed by atoms with E-state index in [1.54, 1.807) is 11.3 Å². The summed E-state index contributed by atoms with van der Waals surface area (Å²) in [5.74, 6) is 0. The first kappa shape index (κ1) is 16.0. The number of allylic oxidation sites excluding steroid dienone is 5. The number of aromatic amines is 1. The van der Waals surface area contributed by atoms with Gasteiger partial charge in [-0.3, -0.25) is 5.10 Å². The quantitative estimate of drug-likeness (QED) is 0.608. The molecule has 2 heterocycles. The lowest BCUT2D eigenvalue weighted by atomic mass is 9.92. The molecule has 1 N–H and O–H groups in total.